The lowest BCUT2D eigenvalue weighted by Crippen LogP contribution is -2.60. The van der Waals surface area contributed by atoms with Gasteiger partial charge in [0.1, 0.15) is 18.2 Å². The van der Waals surface area contributed by atoms with Gasteiger partial charge in [-0.15, -0.1) is 0 Å². The molecule has 1 aliphatic heterocycles. The summed E-state index contributed by atoms with van der Waals surface area (Å²) in [4.78, 5) is 52.4. The van der Waals surface area contributed by atoms with Crippen molar-refractivity contribution in [2.45, 2.75) is 155 Å². The fourth-order valence-electron chi connectivity index (χ4n) is 5.44. The number of cyclic esters (lactones) is 1. The van der Waals surface area contributed by atoms with Gasteiger partial charge < -0.3 is 36.0 Å². The molecule has 0 unspecified atom stereocenters. The Labute approximate surface area is 258 Å². The van der Waals surface area contributed by atoms with Crippen LogP contribution in [0, 0.1) is 17.8 Å². The SMILES string of the molecule is CCCCCCCCCCCCC[C@@H](O)[C@H](C)[C@H]1OC(=O)[C@H](CO)NC(=O)[C@H]([C@H](C)O)NC(=O)[C@H](C(C)C)NC(=O)[C@@H]1C. The van der Waals surface area contributed by atoms with Crippen molar-refractivity contribution in [1.29, 1.82) is 0 Å². The molecular weight excluding hydrogens is 554 g/mol. The van der Waals surface area contributed by atoms with E-state index in [2.05, 4.69) is 22.9 Å². The van der Waals surface area contributed by atoms with Crippen molar-refractivity contribution in [3.63, 3.8) is 0 Å². The van der Waals surface area contributed by atoms with Crippen LogP contribution in [0.2, 0.25) is 0 Å². The molecule has 1 aliphatic rings. The van der Waals surface area contributed by atoms with Gasteiger partial charge in [-0.25, -0.2) is 4.79 Å². The van der Waals surface area contributed by atoms with Crippen LogP contribution >= 0.6 is 0 Å². The number of esters is 1. The number of hydrogen-bond acceptors (Lipinski definition) is 8. The number of hydrogen-bond donors (Lipinski definition) is 6. The minimum absolute atomic E-state index is 0.366. The average molecular weight is 614 g/mol. The van der Waals surface area contributed by atoms with Crippen LogP contribution in [0.3, 0.4) is 0 Å². The maximum atomic E-state index is 13.4. The van der Waals surface area contributed by atoms with E-state index in [0.29, 0.717) is 6.42 Å². The number of rotatable bonds is 17. The van der Waals surface area contributed by atoms with Gasteiger partial charge in [0.15, 0.2) is 6.04 Å². The highest BCUT2D eigenvalue weighted by molar-refractivity contribution is 5.94. The highest BCUT2D eigenvalue weighted by Crippen LogP contribution is 2.25. The van der Waals surface area contributed by atoms with Crippen molar-refractivity contribution in [1.82, 2.24) is 16.0 Å². The minimum atomic E-state index is -1.50. The third-order valence-corrected chi connectivity index (χ3v) is 8.48. The highest BCUT2D eigenvalue weighted by atomic mass is 16.5. The molecule has 250 valence electrons. The Morgan fingerprint density at radius 3 is 1.70 bits per heavy atom. The number of unbranched alkanes of at least 4 members (excludes halogenated alkanes) is 10. The van der Waals surface area contributed by atoms with E-state index in [1.807, 2.05) is 0 Å². The summed E-state index contributed by atoms with van der Waals surface area (Å²) in [5.74, 6) is -5.08. The summed E-state index contributed by atoms with van der Waals surface area (Å²) in [7, 11) is 0. The molecule has 43 heavy (non-hydrogen) atoms. The van der Waals surface area contributed by atoms with Crippen LogP contribution in [0.25, 0.3) is 0 Å². The van der Waals surface area contributed by atoms with E-state index in [1.54, 1.807) is 27.7 Å². The first kappa shape index (κ1) is 38.8. The lowest BCUT2D eigenvalue weighted by Gasteiger charge is -2.33. The highest BCUT2D eigenvalue weighted by Gasteiger charge is 2.40. The lowest BCUT2D eigenvalue weighted by atomic mass is 9.86. The summed E-state index contributed by atoms with van der Waals surface area (Å²) >= 11 is 0. The van der Waals surface area contributed by atoms with Crippen molar-refractivity contribution < 1.29 is 39.2 Å². The van der Waals surface area contributed by atoms with Crippen LogP contribution < -0.4 is 16.0 Å². The first-order chi connectivity index (χ1) is 20.3. The Morgan fingerprint density at radius 2 is 1.21 bits per heavy atom. The zero-order valence-corrected chi connectivity index (χ0v) is 27.3. The number of amides is 3. The van der Waals surface area contributed by atoms with E-state index in [0.717, 1.165) is 25.7 Å². The summed E-state index contributed by atoms with van der Waals surface area (Å²) in [6, 6.07) is -3.97. The van der Waals surface area contributed by atoms with E-state index >= 15 is 0 Å². The van der Waals surface area contributed by atoms with Gasteiger partial charge in [-0.3, -0.25) is 14.4 Å². The van der Waals surface area contributed by atoms with Gasteiger partial charge in [-0.2, -0.15) is 0 Å². The van der Waals surface area contributed by atoms with Gasteiger partial charge in [0.05, 0.1) is 24.7 Å². The van der Waals surface area contributed by atoms with E-state index in [9.17, 15) is 34.5 Å². The van der Waals surface area contributed by atoms with E-state index in [-0.39, 0.29) is 5.92 Å². The van der Waals surface area contributed by atoms with Crippen molar-refractivity contribution >= 4 is 23.7 Å². The number of aliphatic hydroxyl groups excluding tert-OH is 3. The second-order valence-corrected chi connectivity index (χ2v) is 12.6. The quantitative estimate of drug-likeness (QED) is 0.107. The molecule has 0 aromatic rings. The fourth-order valence-corrected chi connectivity index (χ4v) is 5.44. The molecule has 0 bridgehead atoms. The Kier molecular flexibility index (Phi) is 18.6. The third-order valence-electron chi connectivity index (χ3n) is 8.48. The molecular formula is C32H59N3O8. The number of nitrogens with one attached hydrogen (secondary N) is 3. The summed E-state index contributed by atoms with van der Waals surface area (Å²) in [6.07, 6.45) is 10.1. The second-order valence-electron chi connectivity index (χ2n) is 12.6. The first-order valence-corrected chi connectivity index (χ1v) is 16.4. The number of aliphatic hydroxyl groups is 3. The maximum Gasteiger partial charge on any atom is 0.331 e. The monoisotopic (exact) mass is 613 g/mol. The largest absolute Gasteiger partial charge is 0.460 e. The molecule has 1 rings (SSSR count). The molecule has 0 spiro atoms. The maximum absolute atomic E-state index is 13.4. The van der Waals surface area contributed by atoms with Crippen LogP contribution in [0.4, 0.5) is 0 Å². The molecule has 6 N–H and O–H groups in total. The molecule has 11 heteroatoms. The van der Waals surface area contributed by atoms with Gasteiger partial charge in [0.2, 0.25) is 17.7 Å². The number of ether oxygens (including phenoxy) is 1. The standard InChI is InChI=1S/C32H59N3O8/c1-7-8-9-10-11-12-13-14-15-16-17-18-25(38)21(4)28-22(5)29(39)34-26(20(2)3)30(40)35-27(23(6)37)31(41)33-24(19-36)32(42)43-28/h20-28,36-38H,7-19H2,1-6H3,(H,33,41)(H,34,39)(H,35,40)/t21-,22+,23-,24-,25+,26-,27-,28+/m0/s1. The predicted molar refractivity (Wildman–Crippen MR) is 165 cm³/mol. The summed E-state index contributed by atoms with van der Waals surface area (Å²) in [6.45, 7) is 9.42. The van der Waals surface area contributed by atoms with Crippen molar-refractivity contribution in [2.24, 2.45) is 17.8 Å². The van der Waals surface area contributed by atoms with Gasteiger partial charge in [-0.05, 0) is 19.3 Å². The van der Waals surface area contributed by atoms with Crippen molar-refractivity contribution in [2.75, 3.05) is 6.61 Å². The summed E-state index contributed by atoms with van der Waals surface area (Å²) in [5.41, 5.74) is 0. The van der Waals surface area contributed by atoms with Crippen LogP contribution in [-0.2, 0) is 23.9 Å². The first-order valence-electron chi connectivity index (χ1n) is 16.4. The van der Waals surface area contributed by atoms with E-state index in [4.69, 9.17) is 4.74 Å². The molecule has 1 heterocycles. The van der Waals surface area contributed by atoms with E-state index in [1.165, 1.54) is 51.9 Å². The molecule has 8 atom stereocenters. The van der Waals surface area contributed by atoms with Crippen molar-refractivity contribution in [3.8, 4) is 0 Å². The predicted octanol–water partition coefficient (Wildman–Crippen LogP) is 2.73. The Balaban J connectivity index is 2.95. The topological polar surface area (TPSA) is 174 Å². The van der Waals surface area contributed by atoms with Crippen LogP contribution in [-0.4, -0.2) is 82.1 Å². The van der Waals surface area contributed by atoms with Gasteiger partial charge >= 0.3 is 5.97 Å². The lowest BCUT2D eigenvalue weighted by molar-refractivity contribution is -0.164. The Morgan fingerprint density at radius 1 is 0.721 bits per heavy atom. The number of carbonyl (C=O) groups is 4. The molecule has 0 radical (unpaired) electrons. The molecule has 1 saturated heterocycles. The summed E-state index contributed by atoms with van der Waals surface area (Å²) in [5, 5.41) is 38.5. The molecule has 11 nitrogen and oxygen atoms in total. The second kappa shape index (κ2) is 20.7. The Bertz CT molecular complexity index is 852. The van der Waals surface area contributed by atoms with Crippen molar-refractivity contribution in [3.05, 3.63) is 0 Å². The van der Waals surface area contributed by atoms with Crippen LogP contribution in [0.5, 0.6) is 0 Å². The van der Waals surface area contributed by atoms with Crippen LogP contribution in [0.1, 0.15) is 119 Å². The molecule has 0 aromatic heterocycles. The Hall–Kier alpha value is -2.24. The summed E-state index contributed by atoms with van der Waals surface area (Å²) < 4.78 is 5.70. The molecule has 0 aliphatic carbocycles. The number of carbonyl (C=O) groups excluding carboxylic acids is 4. The minimum Gasteiger partial charge on any atom is -0.460 e. The van der Waals surface area contributed by atoms with Gasteiger partial charge in [0.25, 0.3) is 0 Å². The van der Waals surface area contributed by atoms with Gasteiger partial charge in [0, 0.05) is 5.92 Å². The molecule has 1 fully saturated rings. The zero-order valence-electron chi connectivity index (χ0n) is 27.3. The smallest absolute Gasteiger partial charge is 0.331 e. The van der Waals surface area contributed by atoms with Gasteiger partial charge in [-0.1, -0.05) is 105 Å². The molecule has 3 amide bonds. The molecule has 0 aromatic carbocycles. The normalized spacial score (nSPS) is 26.2. The average Bonchev–Trinajstić information content (AvgIpc) is 2.96. The van der Waals surface area contributed by atoms with E-state index < -0.39 is 78.6 Å². The third kappa shape index (κ3) is 13.5. The molecule has 0 saturated carbocycles. The fraction of sp³-hybridized carbons (Fsp3) is 0.875. The zero-order chi connectivity index (χ0) is 32.5. The van der Waals surface area contributed by atoms with Crippen LogP contribution in [0.15, 0.2) is 0 Å².